The van der Waals surface area contributed by atoms with Gasteiger partial charge in [-0.3, -0.25) is 0 Å². The van der Waals surface area contributed by atoms with Gasteiger partial charge in [-0.15, -0.1) is 0 Å². The molecule has 0 bridgehead atoms. The number of nitrogens with one attached hydrogen (secondary N) is 2. The number of ether oxygens (including phenoxy) is 1. The summed E-state index contributed by atoms with van der Waals surface area (Å²) in [6, 6.07) is 11.2. The fourth-order valence-corrected chi connectivity index (χ4v) is 2.20. The molecule has 1 aliphatic rings. The predicted octanol–water partition coefficient (Wildman–Crippen LogP) is 2.63. The van der Waals surface area contributed by atoms with Gasteiger partial charge in [0.15, 0.2) is 0 Å². The van der Waals surface area contributed by atoms with Gasteiger partial charge < -0.3 is 15.4 Å². The van der Waals surface area contributed by atoms with Crippen LogP contribution in [-0.4, -0.2) is 24.7 Å². The van der Waals surface area contributed by atoms with Crippen LogP contribution in [-0.2, 0) is 4.74 Å². The number of rotatable bonds is 3. The zero-order valence-corrected chi connectivity index (χ0v) is 11.0. The van der Waals surface area contributed by atoms with Gasteiger partial charge in [0.1, 0.15) is 0 Å². The van der Waals surface area contributed by atoms with Crippen LogP contribution in [0.1, 0.15) is 11.7 Å². The smallest absolute Gasteiger partial charge is 0.236 e. The third-order valence-corrected chi connectivity index (χ3v) is 3.25. The fourth-order valence-electron chi connectivity index (χ4n) is 2.20. The summed E-state index contributed by atoms with van der Waals surface area (Å²) in [6.07, 6.45) is 1.52. The number of morpholine rings is 1. The van der Waals surface area contributed by atoms with Gasteiger partial charge in [0, 0.05) is 25.0 Å². The van der Waals surface area contributed by atoms with E-state index >= 15 is 0 Å². The molecule has 1 aromatic carbocycles. The Hall–Kier alpha value is -1.98. The van der Waals surface area contributed by atoms with Crippen molar-refractivity contribution < 1.29 is 9.13 Å². The predicted molar refractivity (Wildman–Crippen MR) is 75.5 cm³/mol. The van der Waals surface area contributed by atoms with Crippen molar-refractivity contribution in [2.45, 2.75) is 6.10 Å². The first-order valence-electron chi connectivity index (χ1n) is 6.63. The zero-order valence-electron chi connectivity index (χ0n) is 11.0. The number of halogens is 1. The molecule has 104 valence electrons. The van der Waals surface area contributed by atoms with Gasteiger partial charge in [-0.25, -0.2) is 4.98 Å². The van der Waals surface area contributed by atoms with E-state index in [1.54, 1.807) is 12.1 Å². The molecule has 3 rings (SSSR count). The molecule has 0 saturated carbocycles. The fraction of sp³-hybridized carbons (Fsp3) is 0.267. The van der Waals surface area contributed by atoms with Crippen molar-refractivity contribution in [1.82, 2.24) is 10.3 Å². The van der Waals surface area contributed by atoms with Crippen LogP contribution < -0.4 is 10.6 Å². The van der Waals surface area contributed by atoms with Crippen LogP contribution in [0, 0.1) is 5.95 Å². The molecule has 1 aliphatic heterocycles. The lowest BCUT2D eigenvalue weighted by atomic mass is 10.1. The van der Waals surface area contributed by atoms with Gasteiger partial charge in [-0.1, -0.05) is 12.1 Å². The van der Waals surface area contributed by atoms with Gasteiger partial charge in [0.2, 0.25) is 5.95 Å². The molecule has 1 unspecified atom stereocenters. The highest BCUT2D eigenvalue weighted by Gasteiger charge is 2.15. The summed E-state index contributed by atoms with van der Waals surface area (Å²) in [5.74, 6) is -0.503. The van der Waals surface area contributed by atoms with E-state index in [2.05, 4.69) is 15.6 Å². The minimum absolute atomic E-state index is 0.0907. The molecule has 4 nitrogen and oxygen atoms in total. The molecule has 1 aromatic heterocycles. The zero-order chi connectivity index (χ0) is 13.8. The van der Waals surface area contributed by atoms with E-state index in [-0.39, 0.29) is 6.10 Å². The largest absolute Gasteiger partial charge is 0.371 e. The summed E-state index contributed by atoms with van der Waals surface area (Å²) in [6.45, 7) is 2.45. The third kappa shape index (κ3) is 2.95. The van der Waals surface area contributed by atoms with Gasteiger partial charge in [0.25, 0.3) is 0 Å². The number of pyridine rings is 1. The average molecular weight is 273 g/mol. The van der Waals surface area contributed by atoms with Crippen molar-refractivity contribution in [3.63, 3.8) is 0 Å². The second kappa shape index (κ2) is 5.98. The van der Waals surface area contributed by atoms with E-state index in [1.165, 1.54) is 6.20 Å². The Balaban J connectivity index is 1.71. The minimum Gasteiger partial charge on any atom is -0.371 e. The molecule has 2 aromatic rings. The van der Waals surface area contributed by atoms with Gasteiger partial charge in [-0.05, 0) is 29.8 Å². The van der Waals surface area contributed by atoms with E-state index in [0.29, 0.717) is 5.69 Å². The number of hydrogen-bond acceptors (Lipinski definition) is 4. The number of anilines is 2. The van der Waals surface area contributed by atoms with Crippen molar-refractivity contribution >= 4 is 11.4 Å². The van der Waals surface area contributed by atoms with Crippen LogP contribution in [0.25, 0.3) is 0 Å². The summed E-state index contributed by atoms with van der Waals surface area (Å²) in [4.78, 5) is 3.61. The molecule has 2 heterocycles. The van der Waals surface area contributed by atoms with Crippen LogP contribution in [0.4, 0.5) is 15.8 Å². The van der Waals surface area contributed by atoms with Crippen LogP contribution in [0.3, 0.4) is 0 Å². The van der Waals surface area contributed by atoms with E-state index in [4.69, 9.17) is 4.74 Å². The summed E-state index contributed by atoms with van der Waals surface area (Å²) in [7, 11) is 0. The molecule has 0 radical (unpaired) electrons. The molecule has 20 heavy (non-hydrogen) atoms. The summed E-state index contributed by atoms with van der Waals surface area (Å²) in [5, 5.41) is 6.31. The Morgan fingerprint density at radius 2 is 2.10 bits per heavy atom. The van der Waals surface area contributed by atoms with Crippen molar-refractivity contribution in [2.24, 2.45) is 0 Å². The third-order valence-electron chi connectivity index (χ3n) is 3.25. The van der Waals surface area contributed by atoms with Crippen LogP contribution in [0.15, 0.2) is 42.6 Å². The summed E-state index contributed by atoms with van der Waals surface area (Å²) in [5.41, 5.74) is 2.31. The first-order chi connectivity index (χ1) is 9.83. The Morgan fingerprint density at radius 1 is 1.25 bits per heavy atom. The maximum Gasteiger partial charge on any atom is 0.236 e. The number of hydrogen-bond donors (Lipinski definition) is 2. The van der Waals surface area contributed by atoms with Crippen molar-refractivity contribution in [3.8, 4) is 0 Å². The first kappa shape index (κ1) is 13.0. The van der Waals surface area contributed by atoms with E-state index in [0.717, 1.165) is 30.9 Å². The highest BCUT2D eigenvalue weighted by molar-refractivity contribution is 5.59. The van der Waals surface area contributed by atoms with E-state index in [1.807, 2.05) is 24.3 Å². The Morgan fingerprint density at radius 3 is 2.80 bits per heavy atom. The number of benzene rings is 1. The molecule has 0 spiro atoms. The minimum atomic E-state index is -0.503. The summed E-state index contributed by atoms with van der Waals surface area (Å²) < 4.78 is 19.1. The highest BCUT2D eigenvalue weighted by atomic mass is 19.1. The van der Waals surface area contributed by atoms with Gasteiger partial charge in [-0.2, -0.15) is 4.39 Å². The Kier molecular flexibility index (Phi) is 3.90. The molecular weight excluding hydrogens is 257 g/mol. The van der Waals surface area contributed by atoms with Gasteiger partial charge in [0.05, 0.1) is 18.4 Å². The second-order valence-corrected chi connectivity index (χ2v) is 4.65. The van der Waals surface area contributed by atoms with E-state index < -0.39 is 5.95 Å². The molecule has 0 aliphatic carbocycles. The normalized spacial score (nSPS) is 18.8. The quantitative estimate of drug-likeness (QED) is 0.844. The van der Waals surface area contributed by atoms with Crippen LogP contribution in [0.2, 0.25) is 0 Å². The highest BCUT2D eigenvalue weighted by Crippen LogP contribution is 2.23. The number of nitrogens with zero attached hydrogens (tertiary/aromatic N) is 1. The Labute approximate surface area is 117 Å². The molecular formula is C15H16FN3O. The lowest BCUT2D eigenvalue weighted by Crippen LogP contribution is -2.33. The SMILES string of the molecule is Fc1ncccc1Nc1ccc(C2CNCCO2)cc1. The van der Waals surface area contributed by atoms with Crippen molar-refractivity contribution in [2.75, 3.05) is 25.0 Å². The van der Waals surface area contributed by atoms with Crippen LogP contribution in [0.5, 0.6) is 0 Å². The monoisotopic (exact) mass is 273 g/mol. The maximum atomic E-state index is 13.4. The Bertz CT molecular complexity index is 568. The molecule has 5 heteroatoms. The first-order valence-corrected chi connectivity index (χ1v) is 6.63. The lowest BCUT2D eigenvalue weighted by molar-refractivity contribution is 0.0277. The van der Waals surface area contributed by atoms with Crippen LogP contribution >= 0.6 is 0 Å². The molecule has 0 amide bonds. The van der Waals surface area contributed by atoms with Crippen molar-refractivity contribution in [1.29, 1.82) is 0 Å². The van der Waals surface area contributed by atoms with Crippen molar-refractivity contribution in [3.05, 3.63) is 54.1 Å². The van der Waals surface area contributed by atoms with E-state index in [9.17, 15) is 4.39 Å². The molecule has 1 fully saturated rings. The molecule has 1 atom stereocenters. The molecule has 1 saturated heterocycles. The second-order valence-electron chi connectivity index (χ2n) is 4.65. The number of aromatic nitrogens is 1. The average Bonchev–Trinajstić information content (AvgIpc) is 2.51. The maximum absolute atomic E-state index is 13.4. The lowest BCUT2D eigenvalue weighted by Gasteiger charge is -2.24. The standard InChI is InChI=1S/C15H16FN3O/c16-15-13(2-1-7-18-15)19-12-5-3-11(4-6-12)14-10-17-8-9-20-14/h1-7,14,17,19H,8-10H2. The molecule has 2 N–H and O–H groups in total. The topological polar surface area (TPSA) is 46.2 Å². The summed E-state index contributed by atoms with van der Waals surface area (Å²) >= 11 is 0. The van der Waals surface area contributed by atoms with Gasteiger partial charge >= 0.3 is 0 Å².